The van der Waals surface area contributed by atoms with Gasteiger partial charge in [0, 0.05) is 0 Å². The van der Waals surface area contributed by atoms with E-state index < -0.39 is 0 Å². The lowest BCUT2D eigenvalue weighted by molar-refractivity contribution is 0.414. The predicted molar refractivity (Wildman–Crippen MR) is 113 cm³/mol. The van der Waals surface area contributed by atoms with Gasteiger partial charge in [0.2, 0.25) is 0 Å². The molecular weight excluding hydrogens is 366 g/mol. The molecule has 0 amide bonds. The van der Waals surface area contributed by atoms with Gasteiger partial charge < -0.3 is 4.74 Å². The summed E-state index contributed by atoms with van der Waals surface area (Å²) in [4.78, 5) is 26.1. The fraction of sp³-hybridized carbons (Fsp3) is 0.217. The van der Waals surface area contributed by atoms with Crippen molar-refractivity contribution in [3.63, 3.8) is 0 Å². The van der Waals surface area contributed by atoms with Crippen LogP contribution in [0.1, 0.15) is 29.6 Å². The maximum atomic E-state index is 13.1. The summed E-state index contributed by atoms with van der Waals surface area (Å²) in [5.41, 5.74) is 1.29. The molecule has 0 saturated heterocycles. The standard InChI is InChI=1S/C23H23N3O3/c1-3-19-15-20(12-9-17-7-5-4-6-8-17)26-23(28)24(22(27)25(19)26)16-18-10-13-21(29-2)14-11-18/h3-14,19-20H,1,15-16H2,2H3/b12-9-/t19-,20+/m0/s1. The lowest BCUT2D eigenvalue weighted by Gasteiger charge is -2.06. The smallest absolute Gasteiger partial charge is 0.348 e. The minimum Gasteiger partial charge on any atom is -0.497 e. The van der Waals surface area contributed by atoms with Crippen molar-refractivity contribution in [3.8, 4) is 5.75 Å². The van der Waals surface area contributed by atoms with Crippen LogP contribution in [0, 0.1) is 0 Å². The second kappa shape index (κ2) is 7.83. The fourth-order valence-electron chi connectivity index (χ4n) is 3.76. The van der Waals surface area contributed by atoms with Crippen LogP contribution < -0.4 is 16.1 Å². The van der Waals surface area contributed by atoms with E-state index in [-0.39, 0.29) is 30.0 Å². The van der Waals surface area contributed by atoms with Crippen LogP contribution >= 0.6 is 0 Å². The SMILES string of the molecule is C=C[C@H]1C[C@@H](/C=C\c2ccccc2)n2c(=O)n(Cc3ccc(OC)cc3)c(=O)n21. The highest BCUT2D eigenvalue weighted by Gasteiger charge is 2.32. The molecule has 2 heterocycles. The molecule has 1 aromatic heterocycles. The van der Waals surface area contributed by atoms with E-state index in [9.17, 15) is 9.59 Å². The highest BCUT2D eigenvalue weighted by molar-refractivity contribution is 5.49. The molecule has 148 valence electrons. The zero-order valence-corrected chi connectivity index (χ0v) is 16.3. The molecule has 0 saturated carbocycles. The zero-order valence-electron chi connectivity index (χ0n) is 16.3. The first-order valence-corrected chi connectivity index (χ1v) is 9.55. The summed E-state index contributed by atoms with van der Waals surface area (Å²) in [6, 6.07) is 16.8. The molecule has 0 N–H and O–H groups in total. The van der Waals surface area contributed by atoms with E-state index in [1.807, 2.05) is 66.7 Å². The largest absolute Gasteiger partial charge is 0.497 e. The van der Waals surface area contributed by atoms with Gasteiger partial charge in [-0.1, -0.05) is 60.7 Å². The second-order valence-electron chi connectivity index (χ2n) is 7.06. The molecule has 6 heteroatoms. The van der Waals surface area contributed by atoms with Gasteiger partial charge in [-0.05, 0) is 29.7 Å². The summed E-state index contributed by atoms with van der Waals surface area (Å²) in [6.45, 7) is 4.07. The van der Waals surface area contributed by atoms with E-state index >= 15 is 0 Å². The molecule has 2 aromatic carbocycles. The molecule has 0 fully saturated rings. The lowest BCUT2D eigenvalue weighted by atomic mass is 10.1. The Balaban J connectivity index is 1.70. The Morgan fingerprint density at radius 1 is 1.00 bits per heavy atom. The van der Waals surface area contributed by atoms with Crippen LogP contribution in [0.2, 0.25) is 0 Å². The van der Waals surface area contributed by atoms with E-state index in [1.54, 1.807) is 17.9 Å². The number of aromatic nitrogens is 3. The summed E-state index contributed by atoms with van der Waals surface area (Å²) in [5.74, 6) is 0.732. The summed E-state index contributed by atoms with van der Waals surface area (Å²) in [5, 5.41) is 0. The number of benzene rings is 2. The molecule has 0 bridgehead atoms. The first-order valence-electron chi connectivity index (χ1n) is 9.55. The monoisotopic (exact) mass is 389 g/mol. The van der Waals surface area contributed by atoms with Crippen LogP contribution in [0.4, 0.5) is 0 Å². The number of ether oxygens (including phenoxy) is 1. The summed E-state index contributed by atoms with van der Waals surface area (Å²) < 4.78 is 9.52. The average molecular weight is 389 g/mol. The van der Waals surface area contributed by atoms with Crippen LogP contribution in [0.5, 0.6) is 5.75 Å². The van der Waals surface area contributed by atoms with Crippen molar-refractivity contribution < 1.29 is 4.74 Å². The van der Waals surface area contributed by atoms with Crippen LogP contribution in [0.3, 0.4) is 0 Å². The molecule has 0 unspecified atom stereocenters. The second-order valence-corrected chi connectivity index (χ2v) is 7.06. The van der Waals surface area contributed by atoms with Crippen molar-refractivity contribution in [3.05, 3.63) is 105 Å². The van der Waals surface area contributed by atoms with Gasteiger partial charge in [0.1, 0.15) is 5.75 Å². The van der Waals surface area contributed by atoms with Crippen LogP contribution in [-0.4, -0.2) is 21.0 Å². The van der Waals surface area contributed by atoms with E-state index in [0.717, 1.165) is 16.9 Å². The fourth-order valence-corrected chi connectivity index (χ4v) is 3.76. The maximum Gasteiger partial charge on any atom is 0.348 e. The third kappa shape index (κ3) is 3.49. The number of hydrogen-bond donors (Lipinski definition) is 0. The maximum absolute atomic E-state index is 13.1. The van der Waals surface area contributed by atoms with Gasteiger partial charge in [-0.3, -0.25) is 0 Å². The molecule has 1 aliphatic rings. The summed E-state index contributed by atoms with van der Waals surface area (Å²) in [6.07, 6.45) is 6.33. The molecule has 0 aliphatic carbocycles. The van der Waals surface area contributed by atoms with Crippen molar-refractivity contribution >= 4 is 6.08 Å². The number of nitrogens with zero attached hydrogens (tertiary/aromatic N) is 3. The number of fused-ring (bicyclic) bond motifs is 1. The molecule has 3 aromatic rings. The molecule has 0 radical (unpaired) electrons. The third-order valence-corrected chi connectivity index (χ3v) is 5.28. The predicted octanol–water partition coefficient (Wildman–Crippen LogP) is 3.25. The van der Waals surface area contributed by atoms with Gasteiger partial charge in [0.25, 0.3) is 0 Å². The van der Waals surface area contributed by atoms with Crippen molar-refractivity contribution in [2.45, 2.75) is 25.0 Å². The molecule has 6 nitrogen and oxygen atoms in total. The minimum absolute atomic E-state index is 0.199. The Labute approximate surface area is 168 Å². The Hall–Kier alpha value is -3.54. The third-order valence-electron chi connectivity index (χ3n) is 5.28. The van der Waals surface area contributed by atoms with Crippen LogP contribution in [0.15, 0.2) is 82.9 Å². The van der Waals surface area contributed by atoms with Gasteiger partial charge in [-0.2, -0.15) is 0 Å². The number of methoxy groups -OCH3 is 1. The van der Waals surface area contributed by atoms with Crippen molar-refractivity contribution in [1.82, 2.24) is 13.9 Å². The normalized spacial score (nSPS) is 18.1. The van der Waals surface area contributed by atoms with Crippen LogP contribution in [0.25, 0.3) is 6.08 Å². The Bertz CT molecular complexity index is 1150. The Morgan fingerprint density at radius 3 is 2.28 bits per heavy atom. The summed E-state index contributed by atoms with van der Waals surface area (Å²) in [7, 11) is 1.60. The number of rotatable bonds is 6. The van der Waals surface area contributed by atoms with Gasteiger partial charge >= 0.3 is 11.4 Å². The van der Waals surface area contributed by atoms with E-state index in [2.05, 4.69) is 6.58 Å². The number of hydrogen-bond acceptors (Lipinski definition) is 3. The van der Waals surface area contributed by atoms with Gasteiger partial charge in [0.15, 0.2) is 0 Å². The quantitative estimate of drug-likeness (QED) is 0.608. The summed E-state index contributed by atoms with van der Waals surface area (Å²) >= 11 is 0. The molecule has 0 spiro atoms. The average Bonchev–Trinajstić information content (AvgIpc) is 3.25. The molecular formula is C23H23N3O3. The minimum atomic E-state index is -0.314. The van der Waals surface area contributed by atoms with Crippen molar-refractivity contribution in [1.29, 1.82) is 0 Å². The van der Waals surface area contributed by atoms with E-state index in [1.165, 1.54) is 9.25 Å². The van der Waals surface area contributed by atoms with Gasteiger partial charge in [-0.15, -0.1) is 6.58 Å². The molecule has 4 rings (SSSR count). The molecule has 2 atom stereocenters. The molecule has 29 heavy (non-hydrogen) atoms. The highest BCUT2D eigenvalue weighted by Crippen LogP contribution is 2.29. The Morgan fingerprint density at radius 2 is 1.66 bits per heavy atom. The first-order chi connectivity index (χ1) is 14.1. The first kappa shape index (κ1) is 18.8. The van der Waals surface area contributed by atoms with Crippen LogP contribution in [-0.2, 0) is 6.54 Å². The van der Waals surface area contributed by atoms with Crippen molar-refractivity contribution in [2.75, 3.05) is 7.11 Å². The Kier molecular flexibility index (Phi) is 5.08. The van der Waals surface area contributed by atoms with Crippen molar-refractivity contribution in [2.24, 2.45) is 0 Å². The zero-order chi connectivity index (χ0) is 20.4. The molecule has 1 aliphatic heterocycles. The van der Waals surface area contributed by atoms with Gasteiger partial charge in [0.05, 0.1) is 25.7 Å². The van der Waals surface area contributed by atoms with E-state index in [0.29, 0.717) is 6.42 Å². The lowest BCUT2D eigenvalue weighted by Crippen LogP contribution is -2.31. The van der Waals surface area contributed by atoms with E-state index in [4.69, 9.17) is 4.74 Å². The highest BCUT2D eigenvalue weighted by atomic mass is 16.5. The van der Waals surface area contributed by atoms with Gasteiger partial charge in [-0.25, -0.2) is 23.5 Å². The topological polar surface area (TPSA) is 58.2 Å². The number of allylic oxidation sites excluding steroid dienone is 2.